The molecular weight excluding hydrogens is 320 g/mol. The summed E-state index contributed by atoms with van der Waals surface area (Å²) in [5, 5.41) is 6.10. The number of methoxy groups -OCH3 is 3. The second-order valence-corrected chi connectivity index (χ2v) is 5.37. The molecule has 0 saturated carbocycles. The third kappa shape index (κ3) is 5.60. The standard InChI is InChI=1S/C19H24N2O4/c1-23-16-7-4-14(5-8-16)13-21-19(22)10-11-20-15-6-9-17(24-2)18(12-15)25-3/h4-9,12,20H,10-11,13H2,1-3H3,(H,21,22). The summed E-state index contributed by atoms with van der Waals surface area (Å²) >= 11 is 0. The van der Waals surface area contributed by atoms with Gasteiger partial charge in [-0.05, 0) is 29.8 Å². The van der Waals surface area contributed by atoms with Crippen molar-refractivity contribution >= 4 is 11.6 Å². The zero-order chi connectivity index (χ0) is 18.1. The lowest BCUT2D eigenvalue weighted by Gasteiger charge is -2.11. The van der Waals surface area contributed by atoms with E-state index in [-0.39, 0.29) is 5.91 Å². The Balaban J connectivity index is 1.74. The largest absolute Gasteiger partial charge is 0.497 e. The highest BCUT2D eigenvalue weighted by Crippen LogP contribution is 2.29. The Kier molecular flexibility index (Phi) is 6.95. The first-order chi connectivity index (χ1) is 12.2. The van der Waals surface area contributed by atoms with Crippen molar-refractivity contribution in [3.8, 4) is 17.2 Å². The number of carbonyl (C=O) groups is 1. The SMILES string of the molecule is COc1ccc(CNC(=O)CCNc2ccc(OC)c(OC)c2)cc1. The number of ether oxygens (including phenoxy) is 3. The molecule has 6 heteroatoms. The van der Waals surface area contributed by atoms with Crippen molar-refractivity contribution < 1.29 is 19.0 Å². The highest BCUT2D eigenvalue weighted by molar-refractivity contribution is 5.76. The molecule has 2 N–H and O–H groups in total. The van der Waals surface area contributed by atoms with E-state index in [1.165, 1.54) is 0 Å². The van der Waals surface area contributed by atoms with Crippen molar-refractivity contribution in [3.05, 3.63) is 48.0 Å². The first kappa shape index (κ1) is 18.4. The van der Waals surface area contributed by atoms with Crippen LogP contribution in [0.1, 0.15) is 12.0 Å². The number of benzene rings is 2. The summed E-state index contributed by atoms with van der Waals surface area (Å²) in [4.78, 5) is 11.9. The van der Waals surface area contributed by atoms with Crippen LogP contribution < -0.4 is 24.8 Å². The quantitative estimate of drug-likeness (QED) is 0.732. The molecule has 0 fully saturated rings. The summed E-state index contributed by atoms with van der Waals surface area (Å²) in [7, 11) is 4.81. The van der Waals surface area contributed by atoms with E-state index in [0.717, 1.165) is 17.0 Å². The number of carbonyl (C=O) groups excluding carboxylic acids is 1. The van der Waals surface area contributed by atoms with Crippen LogP contribution in [0.5, 0.6) is 17.2 Å². The molecule has 0 unspecified atom stereocenters. The van der Waals surface area contributed by atoms with Crippen molar-refractivity contribution in [2.24, 2.45) is 0 Å². The van der Waals surface area contributed by atoms with E-state index in [2.05, 4.69) is 10.6 Å². The van der Waals surface area contributed by atoms with Gasteiger partial charge in [-0.1, -0.05) is 12.1 Å². The Morgan fingerprint density at radius 2 is 1.64 bits per heavy atom. The van der Waals surface area contributed by atoms with E-state index in [4.69, 9.17) is 14.2 Å². The van der Waals surface area contributed by atoms with Gasteiger partial charge in [-0.2, -0.15) is 0 Å². The first-order valence-electron chi connectivity index (χ1n) is 8.01. The summed E-state index contributed by atoms with van der Waals surface area (Å²) in [6, 6.07) is 13.2. The van der Waals surface area contributed by atoms with Crippen LogP contribution in [0.25, 0.3) is 0 Å². The van der Waals surface area contributed by atoms with Crippen LogP contribution in [0.15, 0.2) is 42.5 Å². The maximum Gasteiger partial charge on any atom is 0.222 e. The van der Waals surface area contributed by atoms with Crippen LogP contribution in [0, 0.1) is 0 Å². The second-order valence-electron chi connectivity index (χ2n) is 5.37. The zero-order valence-electron chi connectivity index (χ0n) is 14.8. The molecule has 25 heavy (non-hydrogen) atoms. The molecule has 2 rings (SSSR count). The van der Waals surface area contributed by atoms with Crippen molar-refractivity contribution in [1.29, 1.82) is 0 Å². The molecule has 2 aromatic carbocycles. The van der Waals surface area contributed by atoms with Gasteiger partial charge in [0.25, 0.3) is 0 Å². The van der Waals surface area contributed by atoms with Gasteiger partial charge in [-0.3, -0.25) is 4.79 Å². The van der Waals surface area contributed by atoms with E-state index in [1.807, 2.05) is 42.5 Å². The topological polar surface area (TPSA) is 68.8 Å². The van der Waals surface area contributed by atoms with Gasteiger partial charge in [-0.15, -0.1) is 0 Å². The Morgan fingerprint density at radius 3 is 2.28 bits per heavy atom. The van der Waals surface area contributed by atoms with Crippen LogP contribution in [0.2, 0.25) is 0 Å². The van der Waals surface area contributed by atoms with Gasteiger partial charge in [-0.25, -0.2) is 0 Å². The van der Waals surface area contributed by atoms with Crippen molar-refractivity contribution in [1.82, 2.24) is 5.32 Å². The number of nitrogens with one attached hydrogen (secondary N) is 2. The number of amides is 1. The summed E-state index contributed by atoms with van der Waals surface area (Å²) < 4.78 is 15.6. The predicted octanol–water partition coefficient (Wildman–Crippen LogP) is 2.83. The Labute approximate surface area is 148 Å². The normalized spacial score (nSPS) is 10.0. The fourth-order valence-electron chi connectivity index (χ4n) is 2.30. The van der Waals surface area contributed by atoms with Crippen LogP contribution in [-0.4, -0.2) is 33.8 Å². The molecule has 0 atom stereocenters. The second kappa shape index (κ2) is 9.42. The average molecular weight is 344 g/mol. The number of anilines is 1. The molecule has 2 aromatic rings. The molecule has 0 spiro atoms. The van der Waals surface area contributed by atoms with Gasteiger partial charge in [0.1, 0.15) is 5.75 Å². The van der Waals surface area contributed by atoms with Crippen molar-refractivity contribution in [2.75, 3.05) is 33.2 Å². The molecule has 0 aliphatic heterocycles. The summed E-state index contributed by atoms with van der Waals surface area (Å²) in [5.41, 5.74) is 1.91. The van der Waals surface area contributed by atoms with E-state index >= 15 is 0 Å². The molecule has 134 valence electrons. The van der Waals surface area contributed by atoms with Gasteiger partial charge in [0, 0.05) is 31.3 Å². The first-order valence-corrected chi connectivity index (χ1v) is 8.01. The maximum atomic E-state index is 11.9. The summed E-state index contributed by atoms with van der Waals surface area (Å²) in [6.07, 6.45) is 0.379. The van der Waals surface area contributed by atoms with Gasteiger partial charge >= 0.3 is 0 Å². The van der Waals surface area contributed by atoms with Gasteiger partial charge in [0.2, 0.25) is 5.91 Å². The maximum absolute atomic E-state index is 11.9. The van der Waals surface area contributed by atoms with Crippen LogP contribution in [0.4, 0.5) is 5.69 Å². The molecule has 1 amide bonds. The molecule has 0 aromatic heterocycles. The Hall–Kier alpha value is -2.89. The Morgan fingerprint density at radius 1 is 0.920 bits per heavy atom. The monoisotopic (exact) mass is 344 g/mol. The Bertz CT molecular complexity index is 686. The van der Waals surface area contributed by atoms with E-state index in [1.54, 1.807) is 21.3 Å². The minimum absolute atomic E-state index is 0.0104. The molecule has 6 nitrogen and oxygen atoms in total. The smallest absolute Gasteiger partial charge is 0.222 e. The van der Waals surface area contributed by atoms with Gasteiger partial charge in [0.15, 0.2) is 11.5 Å². The lowest BCUT2D eigenvalue weighted by atomic mass is 10.2. The highest BCUT2D eigenvalue weighted by Gasteiger charge is 2.05. The lowest BCUT2D eigenvalue weighted by molar-refractivity contribution is -0.121. The molecule has 0 aliphatic rings. The predicted molar refractivity (Wildman–Crippen MR) is 97.5 cm³/mol. The fourth-order valence-corrected chi connectivity index (χ4v) is 2.30. The lowest BCUT2D eigenvalue weighted by Crippen LogP contribution is -2.24. The third-order valence-corrected chi connectivity index (χ3v) is 3.71. The molecule has 0 aliphatic carbocycles. The van der Waals surface area contributed by atoms with Crippen LogP contribution in [0.3, 0.4) is 0 Å². The number of hydrogen-bond donors (Lipinski definition) is 2. The van der Waals surface area contributed by atoms with Crippen LogP contribution >= 0.6 is 0 Å². The molecule has 0 radical (unpaired) electrons. The van der Waals surface area contributed by atoms with E-state index in [0.29, 0.717) is 31.0 Å². The number of rotatable bonds is 9. The van der Waals surface area contributed by atoms with Crippen molar-refractivity contribution in [3.63, 3.8) is 0 Å². The molecule has 0 saturated heterocycles. The van der Waals surface area contributed by atoms with Gasteiger partial charge < -0.3 is 24.8 Å². The molecule has 0 bridgehead atoms. The van der Waals surface area contributed by atoms with Crippen LogP contribution in [-0.2, 0) is 11.3 Å². The summed E-state index contributed by atoms with van der Waals surface area (Å²) in [6.45, 7) is 1.03. The van der Waals surface area contributed by atoms with Gasteiger partial charge in [0.05, 0.1) is 21.3 Å². The highest BCUT2D eigenvalue weighted by atomic mass is 16.5. The minimum atomic E-state index is -0.0104. The third-order valence-electron chi connectivity index (χ3n) is 3.71. The van der Waals surface area contributed by atoms with E-state index < -0.39 is 0 Å². The van der Waals surface area contributed by atoms with Crippen molar-refractivity contribution in [2.45, 2.75) is 13.0 Å². The van der Waals surface area contributed by atoms with E-state index in [9.17, 15) is 4.79 Å². The zero-order valence-corrected chi connectivity index (χ0v) is 14.8. The number of hydrogen-bond acceptors (Lipinski definition) is 5. The minimum Gasteiger partial charge on any atom is -0.497 e. The molecular formula is C19H24N2O4. The fraction of sp³-hybridized carbons (Fsp3) is 0.316. The average Bonchev–Trinajstić information content (AvgIpc) is 2.66. The molecule has 0 heterocycles. The summed E-state index contributed by atoms with van der Waals surface area (Å²) in [5.74, 6) is 2.11.